The van der Waals surface area contributed by atoms with E-state index in [0.29, 0.717) is 11.6 Å². The largest absolute Gasteiger partial charge is 0.435 e. The average Bonchev–Trinajstić information content (AvgIpc) is 3.08. The Morgan fingerprint density at radius 2 is 1.79 bits per heavy atom. The second kappa shape index (κ2) is 8.45. The van der Waals surface area contributed by atoms with Gasteiger partial charge in [0.25, 0.3) is 5.91 Å². The van der Waals surface area contributed by atoms with E-state index in [4.69, 9.17) is 11.6 Å². The highest BCUT2D eigenvalue weighted by atomic mass is 35.5. The Hall–Kier alpha value is -2.84. The molecule has 0 aliphatic heterocycles. The Bertz CT molecular complexity index is 987. The minimum Gasteiger partial charge on any atom is -0.392 e. The summed E-state index contributed by atoms with van der Waals surface area (Å²) in [5.41, 5.74) is -0.724. The number of para-hydroxylation sites is 2. The molecule has 0 aliphatic carbocycles. The highest BCUT2D eigenvalue weighted by Gasteiger charge is 2.36. The van der Waals surface area contributed by atoms with Crippen molar-refractivity contribution in [3.05, 3.63) is 76.6 Å². The fourth-order valence-electron chi connectivity index (χ4n) is 2.45. The van der Waals surface area contributed by atoms with Crippen LogP contribution in [0.5, 0.6) is 0 Å². The number of carbonyl (C=O) groups excluding carboxylic acids is 1. The van der Waals surface area contributed by atoms with Gasteiger partial charge in [-0.2, -0.15) is 18.3 Å². The van der Waals surface area contributed by atoms with E-state index >= 15 is 0 Å². The fraction of sp³-hybridized carbons (Fsp3) is 0.158. The van der Waals surface area contributed by atoms with Crippen molar-refractivity contribution in [3.8, 4) is 5.69 Å². The predicted octanol–water partition coefficient (Wildman–Crippen LogP) is 4.93. The van der Waals surface area contributed by atoms with Crippen molar-refractivity contribution in [2.45, 2.75) is 20.2 Å². The highest BCUT2D eigenvalue weighted by Crippen LogP contribution is 2.31. The summed E-state index contributed by atoms with van der Waals surface area (Å²) >= 11 is 6.06. The number of nitrogens with zero attached hydrogens (tertiary/aromatic N) is 2. The molecule has 0 spiro atoms. The molecule has 0 fully saturated rings. The minimum atomic E-state index is -4.73. The molecule has 0 unspecified atom stereocenters. The normalized spacial score (nSPS) is 11.0. The summed E-state index contributed by atoms with van der Waals surface area (Å²) in [4.78, 5) is 12.7. The number of benzene rings is 2. The molecule has 28 heavy (non-hydrogen) atoms. The predicted molar refractivity (Wildman–Crippen MR) is 101 cm³/mol. The lowest BCUT2D eigenvalue weighted by Gasteiger charge is -2.11. The maximum atomic E-state index is 13.1. The zero-order chi connectivity index (χ0) is 19.6. The van der Waals surface area contributed by atoms with Crippen LogP contribution >= 0.6 is 11.6 Å². The van der Waals surface area contributed by atoms with Gasteiger partial charge in [0.2, 0.25) is 0 Å². The maximum absolute atomic E-state index is 13.1. The molecule has 9 heteroatoms. The third-order valence-electron chi connectivity index (χ3n) is 3.75. The maximum Gasteiger partial charge on any atom is 0.435 e. The van der Waals surface area contributed by atoms with Crippen LogP contribution in [0.25, 0.3) is 5.69 Å². The topological polar surface area (TPSA) is 67.2 Å². The highest BCUT2D eigenvalue weighted by molar-refractivity contribution is 6.32. The summed E-state index contributed by atoms with van der Waals surface area (Å²) in [5.74, 6) is -0.821. The summed E-state index contributed by atoms with van der Waals surface area (Å²) < 4.78 is 40.2. The van der Waals surface area contributed by atoms with Crippen molar-refractivity contribution in [2.75, 3.05) is 5.32 Å². The number of rotatable bonds is 4. The lowest BCUT2D eigenvalue weighted by Crippen LogP contribution is -2.18. The van der Waals surface area contributed by atoms with Crippen molar-refractivity contribution >= 4 is 23.2 Å². The van der Waals surface area contributed by atoms with Crippen LogP contribution in [0.1, 0.15) is 29.2 Å². The number of halogens is 4. The number of amides is 1. The van der Waals surface area contributed by atoms with Crippen molar-refractivity contribution in [1.29, 1.82) is 0 Å². The van der Waals surface area contributed by atoms with E-state index in [0.717, 1.165) is 4.68 Å². The molecule has 0 saturated carbocycles. The number of alkyl halides is 3. The first kappa shape index (κ1) is 21.5. The van der Waals surface area contributed by atoms with Crippen LogP contribution in [0.3, 0.4) is 0 Å². The Morgan fingerprint density at radius 3 is 2.43 bits per heavy atom. The number of anilines is 1. The number of hydrogen-bond acceptors (Lipinski definition) is 3. The lowest BCUT2D eigenvalue weighted by atomic mass is 10.2. The molecular formula is C19H17ClF3N3O2. The fourth-order valence-corrected chi connectivity index (χ4v) is 2.67. The lowest BCUT2D eigenvalue weighted by molar-refractivity contribution is -0.141. The summed E-state index contributed by atoms with van der Waals surface area (Å²) in [6.07, 6.45) is -4.73. The van der Waals surface area contributed by atoms with Crippen molar-refractivity contribution in [1.82, 2.24) is 9.78 Å². The SMILES string of the molecule is C.O=C(Nc1ccccc1CO)c1cc(C(F)(F)F)nn1-c1ccccc1Cl. The van der Waals surface area contributed by atoms with Crippen LogP contribution in [-0.4, -0.2) is 20.8 Å². The Kier molecular flexibility index (Phi) is 6.48. The standard InChI is InChI=1S/C18H13ClF3N3O2.CH4/c19-12-6-2-4-8-14(12)25-15(9-16(24-25)18(20,21)22)17(27)23-13-7-3-1-5-11(13)10-26;/h1-9,26H,10H2,(H,23,27);1H4. The molecule has 0 bridgehead atoms. The molecule has 5 nitrogen and oxygen atoms in total. The summed E-state index contributed by atoms with van der Waals surface area (Å²) in [5, 5.41) is 15.5. The monoisotopic (exact) mass is 411 g/mol. The van der Waals surface area contributed by atoms with Gasteiger partial charge in [-0.05, 0) is 18.2 Å². The van der Waals surface area contributed by atoms with Gasteiger partial charge in [0.15, 0.2) is 5.69 Å². The van der Waals surface area contributed by atoms with Gasteiger partial charge in [0.05, 0.1) is 17.3 Å². The van der Waals surface area contributed by atoms with Crippen LogP contribution in [0.4, 0.5) is 18.9 Å². The molecule has 1 aromatic heterocycles. The number of hydrogen-bond donors (Lipinski definition) is 2. The summed E-state index contributed by atoms with van der Waals surface area (Å²) in [7, 11) is 0. The number of nitrogens with one attached hydrogen (secondary N) is 1. The van der Waals surface area contributed by atoms with Crippen LogP contribution < -0.4 is 5.32 Å². The number of aliphatic hydroxyl groups is 1. The van der Waals surface area contributed by atoms with E-state index in [9.17, 15) is 23.1 Å². The first-order valence-electron chi connectivity index (χ1n) is 7.73. The third-order valence-corrected chi connectivity index (χ3v) is 4.07. The minimum absolute atomic E-state index is 0. The molecule has 3 rings (SSSR count). The summed E-state index contributed by atoms with van der Waals surface area (Å²) in [6, 6.07) is 13.2. The van der Waals surface area contributed by atoms with Crippen LogP contribution in [-0.2, 0) is 12.8 Å². The third kappa shape index (κ3) is 4.35. The molecule has 148 valence electrons. The molecule has 2 N–H and O–H groups in total. The second-order valence-electron chi connectivity index (χ2n) is 5.55. The average molecular weight is 412 g/mol. The first-order chi connectivity index (χ1) is 12.8. The molecule has 2 aromatic carbocycles. The van der Waals surface area contributed by atoms with E-state index in [-0.39, 0.29) is 36.1 Å². The van der Waals surface area contributed by atoms with E-state index in [1.807, 2.05) is 0 Å². The molecular weight excluding hydrogens is 395 g/mol. The van der Waals surface area contributed by atoms with E-state index in [1.165, 1.54) is 18.2 Å². The van der Waals surface area contributed by atoms with E-state index < -0.39 is 17.8 Å². The van der Waals surface area contributed by atoms with Gasteiger partial charge in [-0.25, -0.2) is 4.68 Å². The van der Waals surface area contributed by atoms with Crippen LogP contribution in [0.2, 0.25) is 5.02 Å². The van der Waals surface area contributed by atoms with Crippen molar-refractivity contribution < 1.29 is 23.1 Å². The van der Waals surface area contributed by atoms with Crippen molar-refractivity contribution in [3.63, 3.8) is 0 Å². The summed E-state index contributed by atoms with van der Waals surface area (Å²) in [6.45, 7) is -0.339. The zero-order valence-corrected chi connectivity index (χ0v) is 14.4. The van der Waals surface area contributed by atoms with Gasteiger partial charge < -0.3 is 10.4 Å². The second-order valence-corrected chi connectivity index (χ2v) is 5.95. The smallest absolute Gasteiger partial charge is 0.392 e. The van der Waals surface area contributed by atoms with Gasteiger partial charge in [-0.1, -0.05) is 49.4 Å². The number of aromatic nitrogens is 2. The zero-order valence-electron chi connectivity index (χ0n) is 13.7. The first-order valence-corrected chi connectivity index (χ1v) is 8.11. The van der Waals surface area contributed by atoms with Crippen LogP contribution in [0.15, 0.2) is 54.6 Å². The Morgan fingerprint density at radius 1 is 1.14 bits per heavy atom. The molecule has 0 aliphatic rings. The molecule has 3 aromatic rings. The number of carbonyl (C=O) groups is 1. The Balaban J connectivity index is 0.00000280. The molecule has 0 radical (unpaired) electrons. The molecule has 0 saturated heterocycles. The molecule has 1 heterocycles. The van der Waals surface area contributed by atoms with E-state index in [2.05, 4.69) is 10.4 Å². The Labute approximate surface area is 164 Å². The molecule has 1 amide bonds. The van der Waals surface area contributed by atoms with Crippen LogP contribution in [0, 0.1) is 0 Å². The van der Waals surface area contributed by atoms with Gasteiger partial charge in [-0.3, -0.25) is 4.79 Å². The van der Waals surface area contributed by atoms with Gasteiger partial charge >= 0.3 is 6.18 Å². The van der Waals surface area contributed by atoms with E-state index in [1.54, 1.807) is 30.3 Å². The molecule has 0 atom stereocenters. The van der Waals surface area contributed by atoms with Crippen molar-refractivity contribution in [2.24, 2.45) is 0 Å². The quantitative estimate of drug-likeness (QED) is 0.640. The van der Waals surface area contributed by atoms with Gasteiger partial charge in [0.1, 0.15) is 5.69 Å². The van der Waals surface area contributed by atoms with Gasteiger partial charge in [-0.15, -0.1) is 0 Å². The number of aliphatic hydroxyl groups excluding tert-OH is 1. The van der Waals surface area contributed by atoms with Gasteiger partial charge in [0, 0.05) is 17.3 Å².